The Morgan fingerprint density at radius 3 is 2.33 bits per heavy atom. The molecule has 30 heavy (non-hydrogen) atoms. The molecule has 0 saturated heterocycles. The summed E-state index contributed by atoms with van der Waals surface area (Å²) in [5, 5.41) is 0. The molecule has 0 radical (unpaired) electrons. The van der Waals surface area contributed by atoms with Crippen LogP contribution in [0.5, 0.6) is 5.75 Å². The molecule has 166 valence electrons. The third kappa shape index (κ3) is 4.53. The van der Waals surface area contributed by atoms with Crippen LogP contribution in [0.15, 0.2) is 17.9 Å². The van der Waals surface area contributed by atoms with Gasteiger partial charge in [-0.3, -0.25) is 0 Å². The van der Waals surface area contributed by atoms with Gasteiger partial charge in [0, 0.05) is 5.56 Å². The van der Waals surface area contributed by atoms with Crippen molar-refractivity contribution >= 4 is 0 Å². The van der Waals surface area contributed by atoms with Crippen LogP contribution in [0.3, 0.4) is 0 Å². The molecule has 2 unspecified atom stereocenters. The van der Waals surface area contributed by atoms with E-state index in [0.717, 1.165) is 50.0 Å². The Morgan fingerprint density at radius 2 is 1.67 bits per heavy atom. The summed E-state index contributed by atoms with van der Waals surface area (Å²) in [6, 6.07) is 1.79. The molecule has 0 spiro atoms. The lowest BCUT2D eigenvalue weighted by Gasteiger charge is -2.33. The lowest BCUT2D eigenvalue weighted by molar-refractivity contribution is 0.107. The average Bonchev–Trinajstić information content (AvgIpc) is 2.78. The van der Waals surface area contributed by atoms with Crippen molar-refractivity contribution in [1.82, 2.24) is 0 Å². The topological polar surface area (TPSA) is 18.5 Å². The van der Waals surface area contributed by atoms with E-state index in [4.69, 9.17) is 9.47 Å². The number of fused-ring (bicyclic) bond motifs is 1. The van der Waals surface area contributed by atoms with Crippen molar-refractivity contribution in [3.8, 4) is 5.75 Å². The van der Waals surface area contributed by atoms with Gasteiger partial charge in [-0.25, -0.2) is 4.39 Å². The molecule has 0 N–H and O–H groups in total. The van der Waals surface area contributed by atoms with Crippen molar-refractivity contribution in [2.75, 3.05) is 0 Å². The Balaban J connectivity index is 1.43. The van der Waals surface area contributed by atoms with Crippen molar-refractivity contribution < 1.29 is 18.3 Å². The highest BCUT2D eigenvalue weighted by Gasteiger charge is 2.32. The van der Waals surface area contributed by atoms with Gasteiger partial charge in [0.1, 0.15) is 6.10 Å². The van der Waals surface area contributed by atoms with E-state index in [0.29, 0.717) is 11.5 Å². The molecule has 2 aliphatic heterocycles. The minimum Gasteiger partial charge on any atom is -0.493 e. The van der Waals surface area contributed by atoms with E-state index in [1.54, 1.807) is 6.07 Å². The predicted molar refractivity (Wildman–Crippen MR) is 116 cm³/mol. The van der Waals surface area contributed by atoms with Crippen molar-refractivity contribution in [3.05, 3.63) is 40.7 Å². The Morgan fingerprint density at radius 1 is 0.900 bits per heavy atom. The number of benzene rings is 1. The minimum absolute atomic E-state index is 0.00825. The second-order valence-corrected chi connectivity index (χ2v) is 9.51. The van der Waals surface area contributed by atoms with Gasteiger partial charge in [0.15, 0.2) is 11.6 Å². The van der Waals surface area contributed by atoms with Crippen LogP contribution < -0.4 is 4.74 Å². The van der Waals surface area contributed by atoms with E-state index in [1.165, 1.54) is 44.1 Å². The summed E-state index contributed by atoms with van der Waals surface area (Å²) in [6.45, 7) is 4.35. The Bertz CT molecular complexity index is 765. The number of rotatable bonds is 6. The van der Waals surface area contributed by atoms with Crippen molar-refractivity contribution in [1.29, 1.82) is 0 Å². The lowest BCUT2D eigenvalue weighted by atomic mass is 9.76. The van der Waals surface area contributed by atoms with Crippen molar-refractivity contribution in [2.24, 2.45) is 11.8 Å². The highest BCUT2D eigenvalue weighted by atomic mass is 19.2. The highest BCUT2D eigenvalue weighted by Crippen LogP contribution is 2.43. The van der Waals surface area contributed by atoms with Crippen LogP contribution >= 0.6 is 0 Å². The van der Waals surface area contributed by atoms with Gasteiger partial charge in [-0.15, -0.1) is 0 Å². The monoisotopic (exact) mass is 418 g/mol. The first-order valence-electron chi connectivity index (χ1n) is 12.1. The molecule has 4 heteroatoms. The molecule has 0 amide bonds. The van der Waals surface area contributed by atoms with Crippen molar-refractivity contribution in [2.45, 2.75) is 103 Å². The SMILES string of the molecule is CCCC1CCC(C2=COC(c3cc4c(c(F)c3F)OC(CCC)CC4)CC2)CC1. The molecule has 2 atom stereocenters. The molecule has 3 aliphatic rings. The first kappa shape index (κ1) is 21.6. The minimum atomic E-state index is -0.837. The van der Waals surface area contributed by atoms with Crippen LogP contribution in [0.25, 0.3) is 0 Å². The summed E-state index contributed by atoms with van der Waals surface area (Å²) in [6.07, 6.45) is 14.3. The molecule has 1 aromatic carbocycles. The quantitative estimate of drug-likeness (QED) is 0.469. The first-order chi connectivity index (χ1) is 14.6. The molecule has 1 aliphatic carbocycles. The first-order valence-corrected chi connectivity index (χ1v) is 12.1. The number of ether oxygens (including phenoxy) is 2. The largest absolute Gasteiger partial charge is 0.493 e. The third-order valence-electron chi connectivity index (χ3n) is 7.39. The fourth-order valence-electron chi connectivity index (χ4n) is 5.65. The standard InChI is InChI=1S/C26H36F2O2/c1-3-5-17-7-9-18(10-8-17)20-12-14-23(29-16-20)22-15-19-11-13-21(6-4-2)30-26(19)25(28)24(22)27/h15-18,21,23H,3-14H2,1-2H3. The maximum absolute atomic E-state index is 14.9. The molecule has 2 nitrogen and oxygen atoms in total. The fourth-order valence-corrected chi connectivity index (χ4v) is 5.65. The Labute approximate surface area is 180 Å². The second kappa shape index (κ2) is 9.70. The number of allylic oxidation sites excluding steroid dienone is 1. The van der Waals surface area contributed by atoms with Crippen LogP contribution in [0.4, 0.5) is 8.78 Å². The van der Waals surface area contributed by atoms with E-state index in [9.17, 15) is 8.78 Å². The summed E-state index contributed by atoms with van der Waals surface area (Å²) in [5.74, 6) is -0.0236. The van der Waals surface area contributed by atoms with Crippen LogP contribution in [0.2, 0.25) is 0 Å². The van der Waals surface area contributed by atoms with Gasteiger partial charge >= 0.3 is 0 Å². The molecule has 1 aromatic rings. The van der Waals surface area contributed by atoms with Gasteiger partial charge in [-0.05, 0) is 86.8 Å². The summed E-state index contributed by atoms with van der Waals surface area (Å²) < 4.78 is 41.5. The van der Waals surface area contributed by atoms with Gasteiger partial charge in [0.2, 0.25) is 5.82 Å². The summed E-state index contributed by atoms with van der Waals surface area (Å²) in [5.41, 5.74) is 2.50. The van der Waals surface area contributed by atoms with Gasteiger partial charge in [0.05, 0.1) is 12.4 Å². The summed E-state index contributed by atoms with van der Waals surface area (Å²) >= 11 is 0. The van der Waals surface area contributed by atoms with E-state index in [-0.39, 0.29) is 11.9 Å². The van der Waals surface area contributed by atoms with Gasteiger partial charge in [0.25, 0.3) is 0 Å². The fraction of sp³-hybridized carbons (Fsp3) is 0.692. The van der Waals surface area contributed by atoms with Gasteiger partial charge in [-0.1, -0.05) is 33.1 Å². The maximum Gasteiger partial charge on any atom is 0.201 e. The maximum atomic E-state index is 14.9. The normalized spacial score (nSPS) is 28.9. The van der Waals surface area contributed by atoms with Crippen LogP contribution in [0, 0.1) is 23.5 Å². The van der Waals surface area contributed by atoms with Crippen LogP contribution in [-0.4, -0.2) is 6.10 Å². The molecule has 1 fully saturated rings. The number of hydrogen-bond acceptors (Lipinski definition) is 2. The zero-order chi connectivity index (χ0) is 21.1. The van der Waals surface area contributed by atoms with E-state index in [1.807, 2.05) is 6.26 Å². The van der Waals surface area contributed by atoms with Crippen molar-refractivity contribution in [3.63, 3.8) is 0 Å². The smallest absolute Gasteiger partial charge is 0.201 e. The molecular formula is C26H36F2O2. The lowest BCUT2D eigenvalue weighted by Crippen LogP contribution is -2.24. The summed E-state index contributed by atoms with van der Waals surface area (Å²) in [4.78, 5) is 0. The van der Waals surface area contributed by atoms with Gasteiger partial charge in [-0.2, -0.15) is 4.39 Å². The molecule has 4 rings (SSSR count). The predicted octanol–water partition coefficient (Wildman–Crippen LogP) is 7.80. The number of aryl methyl sites for hydroxylation is 1. The van der Waals surface area contributed by atoms with E-state index < -0.39 is 17.7 Å². The number of halogens is 2. The molecule has 1 saturated carbocycles. The van der Waals surface area contributed by atoms with Gasteiger partial charge < -0.3 is 9.47 Å². The second-order valence-electron chi connectivity index (χ2n) is 9.51. The Kier molecular flexibility index (Phi) is 7.00. The number of hydrogen-bond donors (Lipinski definition) is 0. The zero-order valence-corrected chi connectivity index (χ0v) is 18.5. The molecule has 0 aromatic heterocycles. The highest BCUT2D eigenvalue weighted by molar-refractivity contribution is 5.42. The molecular weight excluding hydrogens is 382 g/mol. The summed E-state index contributed by atoms with van der Waals surface area (Å²) in [7, 11) is 0. The van der Waals surface area contributed by atoms with E-state index >= 15 is 0 Å². The van der Waals surface area contributed by atoms with Crippen LogP contribution in [0.1, 0.15) is 102 Å². The molecule has 0 bridgehead atoms. The van der Waals surface area contributed by atoms with Crippen LogP contribution in [-0.2, 0) is 11.2 Å². The molecule has 2 heterocycles. The Hall–Kier alpha value is -1.58. The van der Waals surface area contributed by atoms with E-state index in [2.05, 4.69) is 13.8 Å². The average molecular weight is 419 g/mol. The third-order valence-corrected chi connectivity index (χ3v) is 7.39. The zero-order valence-electron chi connectivity index (χ0n) is 18.5.